The second-order valence-electron chi connectivity index (χ2n) is 10.0. The van der Waals surface area contributed by atoms with Gasteiger partial charge in [0.2, 0.25) is 0 Å². The van der Waals surface area contributed by atoms with Crippen LogP contribution < -0.4 is 15.4 Å². The number of carbonyl (C=O) groups is 1. The lowest BCUT2D eigenvalue weighted by molar-refractivity contribution is -0.116. The number of para-hydroxylation sites is 1. The molecule has 1 heterocycles. The van der Waals surface area contributed by atoms with Crippen molar-refractivity contribution in [3.8, 4) is 11.8 Å². The zero-order valence-corrected chi connectivity index (χ0v) is 21.8. The fourth-order valence-electron chi connectivity index (χ4n) is 5.51. The normalized spacial score (nSPS) is 17.4. The van der Waals surface area contributed by atoms with Gasteiger partial charge in [0.25, 0.3) is 0 Å². The van der Waals surface area contributed by atoms with E-state index in [1.807, 2.05) is 51.1 Å². The summed E-state index contributed by atoms with van der Waals surface area (Å²) in [7, 11) is 0. The summed E-state index contributed by atoms with van der Waals surface area (Å²) in [4.78, 5) is 15.1. The fourth-order valence-corrected chi connectivity index (χ4v) is 5.51. The van der Waals surface area contributed by atoms with E-state index in [0.717, 1.165) is 33.6 Å². The van der Waals surface area contributed by atoms with Crippen molar-refractivity contribution in [2.75, 3.05) is 4.90 Å². The highest BCUT2D eigenvalue weighted by Crippen LogP contribution is 2.47. The molecule has 0 bridgehead atoms. The highest BCUT2D eigenvalue weighted by Gasteiger charge is 2.41. The number of benzene rings is 3. The molecule has 0 amide bonds. The number of ether oxygens (including phenoxy) is 1. The van der Waals surface area contributed by atoms with Crippen LogP contribution >= 0.6 is 0 Å². The molecule has 1 atom stereocenters. The molecule has 0 radical (unpaired) electrons. The van der Waals surface area contributed by atoms with E-state index in [9.17, 15) is 14.4 Å². The van der Waals surface area contributed by atoms with Crippen LogP contribution in [-0.2, 0) is 11.4 Å². The van der Waals surface area contributed by atoms with Crippen LogP contribution in [0.4, 0.5) is 10.1 Å². The highest BCUT2D eigenvalue weighted by atomic mass is 19.1. The quantitative estimate of drug-likeness (QED) is 0.419. The molecule has 0 fully saturated rings. The summed E-state index contributed by atoms with van der Waals surface area (Å²) in [5, 5.41) is 10.3. The molecular weight excluding hydrogens is 477 g/mol. The second kappa shape index (κ2) is 10.2. The molecule has 3 aromatic rings. The molecule has 1 unspecified atom stereocenters. The van der Waals surface area contributed by atoms with E-state index in [1.54, 1.807) is 23.1 Å². The van der Waals surface area contributed by atoms with Crippen molar-refractivity contribution in [1.29, 1.82) is 5.26 Å². The Hall–Kier alpha value is -4.37. The second-order valence-corrected chi connectivity index (χ2v) is 10.0. The van der Waals surface area contributed by atoms with E-state index in [4.69, 9.17) is 10.5 Å². The van der Waals surface area contributed by atoms with Crippen LogP contribution in [0, 0.1) is 37.9 Å². The van der Waals surface area contributed by atoms with Gasteiger partial charge in [0.05, 0.1) is 23.2 Å². The minimum absolute atomic E-state index is 0.0313. The van der Waals surface area contributed by atoms with Crippen molar-refractivity contribution in [3.05, 3.63) is 117 Å². The number of allylic oxidation sites excluding steroid dienone is 3. The maximum atomic E-state index is 14.9. The zero-order chi connectivity index (χ0) is 27.0. The highest BCUT2D eigenvalue weighted by molar-refractivity contribution is 6.01. The smallest absolute Gasteiger partial charge is 0.161 e. The van der Waals surface area contributed by atoms with Crippen LogP contribution in [0.3, 0.4) is 0 Å². The van der Waals surface area contributed by atoms with Crippen LogP contribution in [0.5, 0.6) is 5.75 Å². The van der Waals surface area contributed by atoms with Gasteiger partial charge in [0.15, 0.2) is 5.78 Å². The van der Waals surface area contributed by atoms with Gasteiger partial charge < -0.3 is 10.5 Å². The van der Waals surface area contributed by atoms with Gasteiger partial charge in [-0.1, -0.05) is 47.5 Å². The molecule has 0 aromatic heterocycles. The van der Waals surface area contributed by atoms with Crippen LogP contribution in [0.1, 0.15) is 53.0 Å². The third-order valence-electron chi connectivity index (χ3n) is 7.43. The van der Waals surface area contributed by atoms with Gasteiger partial charge >= 0.3 is 0 Å². The van der Waals surface area contributed by atoms with Crippen LogP contribution in [0.25, 0.3) is 0 Å². The fraction of sp³-hybridized carbons (Fsp3) is 0.250. The van der Waals surface area contributed by atoms with Gasteiger partial charge in [-0.2, -0.15) is 5.26 Å². The summed E-state index contributed by atoms with van der Waals surface area (Å²) >= 11 is 0. The number of nitrogens with zero attached hydrogens (tertiary/aromatic N) is 2. The Balaban J connectivity index is 1.64. The largest absolute Gasteiger partial charge is 0.489 e. The summed E-state index contributed by atoms with van der Waals surface area (Å²) in [6, 6.07) is 20.6. The predicted molar refractivity (Wildman–Crippen MR) is 146 cm³/mol. The van der Waals surface area contributed by atoms with E-state index in [1.165, 1.54) is 6.07 Å². The molecular formula is C32H30FN3O2. The van der Waals surface area contributed by atoms with Gasteiger partial charge in [-0.15, -0.1) is 0 Å². The number of nitrogens with two attached hydrogens (primary N) is 1. The summed E-state index contributed by atoms with van der Waals surface area (Å²) in [5.74, 6) is -0.182. The molecule has 5 rings (SSSR count). The standard InChI is InChI=1S/C32H30FN3O2/c1-19-11-13-23(14-12-19)38-18-22-15-20(2)16-24(21(22)3)30-25(17-34)32(35)36(27-8-5-4-7-26(27)33)28-9-6-10-29(37)31(28)30/h4-5,7-8,11-16,30H,6,9-10,18,35H2,1-3H3. The minimum atomic E-state index is -0.621. The molecule has 192 valence electrons. The average molecular weight is 508 g/mol. The van der Waals surface area contributed by atoms with E-state index < -0.39 is 11.7 Å². The molecule has 1 aliphatic carbocycles. The number of halogens is 1. The summed E-state index contributed by atoms with van der Waals surface area (Å²) in [5.41, 5.74) is 13.2. The van der Waals surface area contributed by atoms with Crippen molar-refractivity contribution < 1.29 is 13.9 Å². The first-order chi connectivity index (χ1) is 18.3. The first-order valence-electron chi connectivity index (χ1n) is 12.8. The van der Waals surface area contributed by atoms with Gasteiger partial charge in [-0.3, -0.25) is 9.69 Å². The van der Waals surface area contributed by atoms with Crippen molar-refractivity contribution in [3.63, 3.8) is 0 Å². The number of Topliss-reactive ketones (excluding diaryl/α,β-unsaturated/α-hetero) is 1. The van der Waals surface area contributed by atoms with Gasteiger partial charge in [0.1, 0.15) is 24.0 Å². The SMILES string of the molecule is Cc1ccc(OCc2cc(C)cc(C3C(C#N)=C(N)N(c4ccccc4F)C4=C3C(=O)CCC4)c2C)cc1. The van der Waals surface area contributed by atoms with Gasteiger partial charge in [-0.25, -0.2) is 4.39 Å². The van der Waals surface area contributed by atoms with Crippen molar-refractivity contribution in [1.82, 2.24) is 0 Å². The number of rotatable bonds is 5. The van der Waals surface area contributed by atoms with Crippen molar-refractivity contribution in [2.24, 2.45) is 5.73 Å². The Labute approximate surface area is 222 Å². The number of carbonyl (C=O) groups excluding carboxylic acids is 1. The Morgan fingerprint density at radius 2 is 1.79 bits per heavy atom. The molecule has 2 N–H and O–H groups in total. The lowest BCUT2D eigenvalue weighted by atomic mass is 9.73. The van der Waals surface area contributed by atoms with Gasteiger partial charge in [-0.05, 0) is 74.6 Å². The van der Waals surface area contributed by atoms with Crippen molar-refractivity contribution in [2.45, 2.75) is 52.6 Å². The molecule has 5 nitrogen and oxygen atoms in total. The van der Waals surface area contributed by atoms with E-state index >= 15 is 0 Å². The van der Waals surface area contributed by atoms with E-state index in [0.29, 0.717) is 37.1 Å². The Kier molecular flexibility index (Phi) is 6.77. The number of anilines is 1. The first-order valence-corrected chi connectivity index (χ1v) is 12.8. The molecule has 3 aromatic carbocycles. The van der Waals surface area contributed by atoms with Crippen LogP contribution in [-0.4, -0.2) is 5.78 Å². The summed E-state index contributed by atoms with van der Waals surface area (Å²) in [6.07, 6.45) is 1.60. The molecule has 2 aliphatic rings. The Morgan fingerprint density at radius 3 is 2.50 bits per heavy atom. The molecule has 6 heteroatoms. The average Bonchev–Trinajstić information content (AvgIpc) is 2.90. The first kappa shape index (κ1) is 25.3. The molecule has 0 saturated heterocycles. The third kappa shape index (κ3) is 4.45. The topological polar surface area (TPSA) is 79.3 Å². The zero-order valence-electron chi connectivity index (χ0n) is 21.8. The van der Waals surface area contributed by atoms with Crippen molar-refractivity contribution >= 4 is 11.5 Å². The van der Waals surface area contributed by atoms with Gasteiger partial charge in [0, 0.05) is 17.7 Å². The maximum Gasteiger partial charge on any atom is 0.161 e. The van der Waals surface area contributed by atoms with Crippen LogP contribution in [0.15, 0.2) is 83.3 Å². The Bertz CT molecular complexity index is 1530. The van der Waals surface area contributed by atoms with E-state index in [-0.39, 0.29) is 22.9 Å². The van der Waals surface area contributed by atoms with E-state index in [2.05, 4.69) is 12.1 Å². The maximum absolute atomic E-state index is 14.9. The summed E-state index contributed by atoms with van der Waals surface area (Å²) in [6.45, 7) is 6.35. The molecule has 0 spiro atoms. The monoisotopic (exact) mass is 507 g/mol. The number of ketones is 1. The summed E-state index contributed by atoms with van der Waals surface area (Å²) < 4.78 is 21.0. The third-order valence-corrected chi connectivity index (χ3v) is 7.43. The lowest BCUT2D eigenvalue weighted by Crippen LogP contribution is -2.39. The molecule has 1 aliphatic heterocycles. The lowest BCUT2D eigenvalue weighted by Gasteiger charge is -2.40. The number of hydrogen-bond acceptors (Lipinski definition) is 5. The van der Waals surface area contributed by atoms with Crippen LogP contribution in [0.2, 0.25) is 0 Å². The number of aryl methyl sites for hydroxylation is 2. The number of hydrogen-bond donors (Lipinski definition) is 1. The minimum Gasteiger partial charge on any atom is -0.489 e. The molecule has 38 heavy (non-hydrogen) atoms. The molecule has 0 saturated carbocycles. The Morgan fingerprint density at radius 1 is 1.05 bits per heavy atom. The predicted octanol–water partition coefficient (Wildman–Crippen LogP) is 6.63. The number of nitriles is 1.